The van der Waals surface area contributed by atoms with Crippen molar-refractivity contribution in [3.8, 4) is 11.4 Å². The Balaban J connectivity index is 2.38. The first-order chi connectivity index (χ1) is 11.0. The number of hydrogen-bond acceptors (Lipinski definition) is 4. The van der Waals surface area contributed by atoms with Crippen LogP contribution in [0.15, 0.2) is 52.7 Å². The molecule has 1 aromatic carbocycles. The van der Waals surface area contributed by atoms with Crippen LogP contribution in [0.3, 0.4) is 0 Å². The Morgan fingerprint density at radius 2 is 2.04 bits per heavy atom. The van der Waals surface area contributed by atoms with Crippen LogP contribution in [0.25, 0.3) is 21.6 Å². The summed E-state index contributed by atoms with van der Waals surface area (Å²) in [5.41, 5.74) is 1.24. The summed E-state index contributed by atoms with van der Waals surface area (Å²) in [4.78, 5) is 29.2. The Labute approximate surface area is 136 Å². The highest BCUT2D eigenvalue weighted by atomic mass is 32.1. The minimum Gasteiger partial charge on any atom is -0.478 e. The molecule has 23 heavy (non-hydrogen) atoms. The van der Waals surface area contributed by atoms with Gasteiger partial charge in [0.1, 0.15) is 10.7 Å². The summed E-state index contributed by atoms with van der Waals surface area (Å²) in [5, 5.41) is 10.9. The van der Waals surface area contributed by atoms with E-state index in [1.807, 2.05) is 37.3 Å². The highest BCUT2D eigenvalue weighted by Crippen LogP contribution is 2.25. The van der Waals surface area contributed by atoms with Crippen molar-refractivity contribution in [3.63, 3.8) is 0 Å². The van der Waals surface area contributed by atoms with E-state index in [-0.39, 0.29) is 16.5 Å². The zero-order valence-electron chi connectivity index (χ0n) is 12.4. The van der Waals surface area contributed by atoms with E-state index in [0.29, 0.717) is 17.2 Å². The maximum Gasteiger partial charge on any atom is 0.337 e. The van der Waals surface area contributed by atoms with Gasteiger partial charge in [0.15, 0.2) is 0 Å². The first-order valence-electron chi connectivity index (χ1n) is 6.94. The second kappa shape index (κ2) is 5.81. The third kappa shape index (κ3) is 2.68. The number of aromatic nitrogens is 2. The molecule has 0 fully saturated rings. The largest absolute Gasteiger partial charge is 0.478 e. The fraction of sp³-hybridized carbons (Fsp3) is 0.118. The Morgan fingerprint density at radius 3 is 2.65 bits per heavy atom. The summed E-state index contributed by atoms with van der Waals surface area (Å²) in [7, 11) is 0. The third-order valence-electron chi connectivity index (χ3n) is 3.38. The first kappa shape index (κ1) is 15.2. The molecule has 3 rings (SSSR count). The fourth-order valence-corrected chi connectivity index (χ4v) is 3.31. The predicted molar refractivity (Wildman–Crippen MR) is 91.1 cm³/mol. The molecule has 0 atom stereocenters. The Kier molecular flexibility index (Phi) is 3.83. The Morgan fingerprint density at radius 1 is 1.35 bits per heavy atom. The number of hydrogen-bond donors (Lipinski definition) is 1. The second-order valence-corrected chi connectivity index (χ2v) is 6.14. The van der Waals surface area contributed by atoms with Crippen LogP contribution in [0, 0.1) is 0 Å². The SMILES string of the molecule is C=C(C)Cn1c(-c2ccccc2)nc2scc(C(=O)O)c2c1=O. The summed E-state index contributed by atoms with van der Waals surface area (Å²) in [6, 6.07) is 9.36. The molecule has 5 nitrogen and oxygen atoms in total. The summed E-state index contributed by atoms with van der Waals surface area (Å²) in [6.07, 6.45) is 0. The minimum absolute atomic E-state index is 0.00224. The van der Waals surface area contributed by atoms with Crippen molar-refractivity contribution in [2.24, 2.45) is 0 Å². The lowest BCUT2D eigenvalue weighted by molar-refractivity contribution is 0.0699. The van der Waals surface area contributed by atoms with Crippen LogP contribution in [0.1, 0.15) is 17.3 Å². The standard InChI is InChI=1S/C17H14N2O3S/c1-10(2)8-19-14(11-6-4-3-5-7-11)18-15-13(16(19)20)12(9-23-15)17(21)22/h3-7,9H,1,8H2,2H3,(H,21,22). The lowest BCUT2D eigenvalue weighted by atomic mass is 10.2. The molecular formula is C17H14N2O3S. The first-order valence-corrected chi connectivity index (χ1v) is 7.82. The molecule has 6 heteroatoms. The molecule has 0 amide bonds. The van der Waals surface area contributed by atoms with Crippen LogP contribution in [-0.4, -0.2) is 20.6 Å². The normalized spacial score (nSPS) is 10.8. The number of carboxylic acid groups (broad SMARTS) is 1. The molecule has 0 aliphatic rings. The third-order valence-corrected chi connectivity index (χ3v) is 4.26. The van der Waals surface area contributed by atoms with E-state index in [1.165, 1.54) is 21.3 Å². The molecule has 2 aromatic heterocycles. The molecule has 0 saturated heterocycles. The number of thiophene rings is 1. The van der Waals surface area contributed by atoms with Gasteiger partial charge in [-0.1, -0.05) is 42.5 Å². The van der Waals surface area contributed by atoms with Gasteiger partial charge in [-0.05, 0) is 6.92 Å². The van der Waals surface area contributed by atoms with E-state index in [9.17, 15) is 14.7 Å². The molecule has 0 spiro atoms. The smallest absolute Gasteiger partial charge is 0.337 e. The topological polar surface area (TPSA) is 72.2 Å². The van der Waals surface area contributed by atoms with Gasteiger partial charge in [0, 0.05) is 17.5 Å². The molecule has 0 unspecified atom stereocenters. The average Bonchev–Trinajstić information content (AvgIpc) is 2.95. The number of carbonyl (C=O) groups is 1. The van der Waals surface area contributed by atoms with Gasteiger partial charge in [-0.2, -0.15) is 0 Å². The molecule has 0 saturated carbocycles. The summed E-state index contributed by atoms with van der Waals surface area (Å²) >= 11 is 1.17. The average molecular weight is 326 g/mol. The van der Waals surface area contributed by atoms with Crippen LogP contribution in [0.2, 0.25) is 0 Å². The number of allylic oxidation sites excluding steroid dienone is 1. The molecule has 116 valence electrons. The quantitative estimate of drug-likeness (QED) is 0.746. The molecule has 2 heterocycles. The Bertz CT molecular complexity index is 971. The van der Waals surface area contributed by atoms with Crippen LogP contribution in [-0.2, 0) is 6.54 Å². The lowest BCUT2D eigenvalue weighted by Crippen LogP contribution is -2.24. The van der Waals surface area contributed by atoms with Crippen LogP contribution >= 0.6 is 11.3 Å². The molecule has 0 bridgehead atoms. The van der Waals surface area contributed by atoms with Gasteiger partial charge in [0.2, 0.25) is 0 Å². The summed E-state index contributed by atoms with van der Waals surface area (Å²) in [6.45, 7) is 5.96. The maximum atomic E-state index is 12.9. The van der Waals surface area contributed by atoms with Crippen LogP contribution in [0.5, 0.6) is 0 Å². The fourth-order valence-electron chi connectivity index (χ4n) is 2.41. The molecule has 1 N–H and O–H groups in total. The van der Waals surface area contributed by atoms with E-state index in [0.717, 1.165) is 11.1 Å². The van der Waals surface area contributed by atoms with Gasteiger partial charge in [0.25, 0.3) is 5.56 Å². The molecular weight excluding hydrogens is 312 g/mol. The van der Waals surface area contributed by atoms with Crippen molar-refractivity contribution in [2.75, 3.05) is 0 Å². The monoisotopic (exact) mass is 326 g/mol. The van der Waals surface area contributed by atoms with Crippen molar-refractivity contribution < 1.29 is 9.90 Å². The van der Waals surface area contributed by atoms with E-state index in [2.05, 4.69) is 11.6 Å². The van der Waals surface area contributed by atoms with Crippen molar-refractivity contribution in [2.45, 2.75) is 13.5 Å². The van der Waals surface area contributed by atoms with Gasteiger partial charge in [0.05, 0.1) is 10.9 Å². The van der Waals surface area contributed by atoms with Gasteiger partial charge < -0.3 is 5.11 Å². The minimum atomic E-state index is -1.12. The number of rotatable bonds is 4. The summed E-state index contributed by atoms with van der Waals surface area (Å²) in [5.74, 6) is -0.602. The van der Waals surface area contributed by atoms with E-state index < -0.39 is 5.97 Å². The zero-order chi connectivity index (χ0) is 16.6. The van der Waals surface area contributed by atoms with Crippen molar-refractivity contribution in [1.82, 2.24) is 9.55 Å². The van der Waals surface area contributed by atoms with Crippen LogP contribution < -0.4 is 5.56 Å². The number of fused-ring (bicyclic) bond motifs is 1. The molecule has 0 radical (unpaired) electrons. The van der Waals surface area contributed by atoms with Crippen molar-refractivity contribution in [1.29, 1.82) is 0 Å². The van der Waals surface area contributed by atoms with Gasteiger partial charge >= 0.3 is 5.97 Å². The number of nitrogens with zero attached hydrogens (tertiary/aromatic N) is 2. The van der Waals surface area contributed by atoms with Gasteiger partial charge in [-0.25, -0.2) is 9.78 Å². The van der Waals surface area contributed by atoms with Crippen molar-refractivity contribution >= 4 is 27.5 Å². The highest BCUT2D eigenvalue weighted by molar-refractivity contribution is 7.17. The van der Waals surface area contributed by atoms with Crippen LogP contribution in [0.4, 0.5) is 0 Å². The number of carboxylic acids is 1. The van der Waals surface area contributed by atoms with E-state index in [4.69, 9.17) is 0 Å². The molecule has 3 aromatic rings. The second-order valence-electron chi connectivity index (χ2n) is 5.28. The lowest BCUT2D eigenvalue weighted by Gasteiger charge is -2.12. The van der Waals surface area contributed by atoms with Gasteiger partial charge in [-0.15, -0.1) is 11.3 Å². The maximum absolute atomic E-state index is 12.9. The zero-order valence-corrected chi connectivity index (χ0v) is 13.3. The van der Waals surface area contributed by atoms with Crippen molar-refractivity contribution in [3.05, 3.63) is 63.8 Å². The predicted octanol–water partition coefficient (Wildman–Crippen LogP) is 3.40. The highest BCUT2D eigenvalue weighted by Gasteiger charge is 2.20. The summed E-state index contributed by atoms with van der Waals surface area (Å²) < 4.78 is 1.49. The van der Waals surface area contributed by atoms with E-state index in [1.54, 1.807) is 0 Å². The van der Waals surface area contributed by atoms with E-state index >= 15 is 0 Å². The van der Waals surface area contributed by atoms with Gasteiger partial charge in [-0.3, -0.25) is 9.36 Å². The number of aromatic carboxylic acids is 1. The molecule has 0 aliphatic heterocycles. The Hall–Kier alpha value is -2.73. The molecule has 0 aliphatic carbocycles. The number of benzene rings is 1.